The first-order chi connectivity index (χ1) is 6.65. The molecule has 1 amide bonds. The lowest BCUT2D eigenvalue weighted by molar-refractivity contribution is -0.126. The van der Waals surface area contributed by atoms with Gasteiger partial charge in [0.05, 0.1) is 0 Å². The van der Waals surface area contributed by atoms with Crippen molar-refractivity contribution in [1.82, 2.24) is 5.32 Å². The van der Waals surface area contributed by atoms with Gasteiger partial charge in [0, 0.05) is 17.8 Å². The zero-order chi connectivity index (χ0) is 10.6. The summed E-state index contributed by atoms with van der Waals surface area (Å²) in [5, 5.41) is 3.03. The van der Waals surface area contributed by atoms with E-state index in [0.29, 0.717) is 11.8 Å². The molecule has 0 aliphatic heterocycles. The van der Waals surface area contributed by atoms with Crippen LogP contribution in [0.25, 0.3) is 0 Å². The number of nitrogens with one attached hydrogen (secondary N) is 1. The van der Waals surface area contributed by atoms with Gasteiger partial charge in [-0.25, -0.2) is 0 Å². The summed E-state index contributed by atoms with van der Waals surface area (Å²) in [6, 6.07) is 0.216. The lowest BCUT2D eigenvalue weighted by atomic mass is 9.97. The number of alkyl halides is 1. The summed E-state index contributed by atoms with van der Waals surface area (Å²) in [5.41, 5.74) is 0. The third-order valence-corrected chi connectivity index (χ3v) is 3.35. The molecule has 0 bridgehead atoms. The van der Waals surface area contributed by atoms with Crippen LogP contribution in [0.5, 0.6) is 0 Å². The molecular formula is C11H20ClNO. The molecule has 82 valence electrons. The van der Waals surface area contributed by atoms with E-state index in [1.54, 1.807) is 0 Å². The average molecular weight is 218 g/mol. The Morgan fingerprint density at radius 1 is 1.57 bits per heavy atom. The number of hydrogen-bond donors (Lipinski definition) is 1. The quantitative estimate of drug-likeness (QED) is 0.721. The van der Waals surface area contributed by atoms with Gasteiger partial charge >= 0.3 is 0 Å². The monoisotopic (exact) mass is 217 g/mol. The van der Waals surface area contributed by atoms with Gasteiger partial charge in [-0.05, 0) is 32.1 Å². The fourth-order valence-corrected chi connectivity index (χ4v) is 2.45. The van der Waals surface area contributed by atoms with Gasteiger partial charge in [-0.2, -0.15) is 0 Å². The van der Waals surface area contributed by atoms with Crippen LogP contribution in [-0.2, 0) is 4.79 Å². The molecule has 1 aliphatic carbocycles. The van der Waals surface area contributed by atoms with Crippen LogP contribution in [-0.4, -0.2) is 17.8 Å². The maximum absolute atomic E-state index is 11.8. The van der Waals surface area contributed by atoms with Crippen molar-refractivity contribution in [3.8, 4) is 0 Å². The average Bonchev–Trinajstić information content (AvgIpc) is 2.51. The Kier molecular flexibility index (Phi) is 4.73. The molecule has 0 radical (unpaired) electrons. The van der Waals surface area contributed by atoms with Crippen molar-refractivity contribution in [2.45, 2.75) is 45.6 Å². The number of carbonyl (C=O) groups excluding carboxylic acids is 1. The van der Waals surface area contributed by atoms with Crippen LogP contribution in [0.15, 0.2) is 0 Å². The maximum Gasteiger partial charge on any atom is 0.223 e. The number of halogens is 1. The molecule has 1 N–H and O–H groups in total. The molecule has 2 nitrogen and oxygen atoms in total. The molecule has 3 heteroatoms. The van der Waals surface area contributed by atoms with E-state index in [-0.39, 0.29) is 17.9 Å². The molecule has 3 atom stereocenters. The molecule has 0 heterocycles. The molecule has 0 saturated heterocycles. The Morgan fingerprint density at radius 3 is 2.79 bits per heavy atom. The minimum atomic E-state index is 0.216. The summed E-state index contributed by atoms with van der Waals surface area (Å²) in [6.07, 6.45) is 4.31. The van der Waals surface area contributed by atoms with Crippen LogP contribution in [0.2, 0.25) is 0 Å². The zero-order valence-electron chi connectivity index (χ0n) is 9.05. The smallest absolute Gasteiger partial charge is 0.223 e. The number of rotatable bonds is 4. The van der Waals surface area contributed by atoms with Crippen molar-refractivity contribution in [2.24, 2.45) is 11.8 Å². The lowest BCUT2D eigenvalue weighted by Gasteiger charge is -2.18. The van der Waals surface area contributed by atoms with Gasteiger partial charge in [-0.1, -0.05) is 13.3 Å². The van der Waals surface area contributed by atoms with Crippen molar-refractivity contribution >= 4 is 17.5 Å². The normalized spacial score (nSPS) is 28.8. The molecular weight excluding hydrogens is 198 g/mol. The Morgan fingerprint density at radius 2 is 2.29 bits per heavy atom. The van der Waals surface area contributed by atoms with Gasteiger partial charge in [-0.3, -0.25) is 4.79 Å². The Hall–Kier alpha value is -0.240. The van der Waals surface area contributed by atoms with Crippen LogP contribution in [0.4, 0.5) is 0 Å². The molecule has 0 aromatic heterocycles. The van der Waals surface area contributed by atoms with Crippen molar-refractivity contribution in [1.29, 1.82) is 0 Å². The van der Waals surface area contributed by atoms with Gasteiger partial charge in [0.1, 0.15) is 0 Å². The van der Waals surface area contributed by atoms with Crippen LogP contribution in [0.1, 0.15) is 39.5 Å². The predicted octanol–water partition coefficient (Wildman–Crippen LogP) is 2.56. The number of hydrogen-bond acceptors (Lipinski definition) is 1. The number of amides is 1. The third kappa shape index (κ3) is 3.16. The summed E-state index contributed by atoms with van der Waals surface area (Å²) < 4.78 is 0. The minimum Gasteiger partial charge on any atom is -0.353 e. The van der Waals surface area contributed by atoms with Gasteiger partial charge in [0.15, 0.2) is 0 Å². The highest BCUT2D eigenvalue weighted by Gasteiger charge is 2.29. The summed E-state index contributed by atoms with van der Waals surface area (Å²) in [6.45, 7) is 4.18. The topological polar surface area (TPSA) is 29.1 Å². The van der Waals surface area contributed by atoms with Crippen LogP contribution in [0.3, 0.4) is 0 Å². The highest BCUT2D eigenvalue weighted by Crippen LogP contribution is 2.31. The van der Waals surface area contributed by atoms with Gasteiger partial charge in [0.25, 0.3) is 0 Å². The fraction of sp³-hybridized carbons (Fsp3) is 0.909. The van der Waals surface area contributed by atoms with E-state index in [0.717, 1.165) is 12.8 Å². The summed E-state index contributed by atoms with van der Waals surface area (Å²) in [4.78, 5) is 11.8. The highest BCUT2D eigenvalue weighted by molar-refractivity contribution is 6.17. The van der Waals surface area contributed by atoms with E-state index in [4.69, 9.17) is 11.6 Å². The van der Waals surface area contributed by atoms with Crippen LogP contribution < -0.4 is 5.32 Å². The van der Waals surface area contributed by atoms with E-state index in [1.165, 1.54) is 12.8 Å². The SMILES string of the molecule is CC(CCCl)NC(=O)C1CCCC1C. The largest absolute Gasteiger partial charge is 0.353 e. The highest BCUT2D eigenvalue weighted by atomic mass is 35.5. The Balaban J connectivity index is 2.33. The van der Waals surface area contributed by atoms with Crippen molar-refractivity contribution in [3.05, 3.63) is 0 Å². The van der Waals surface area contributed by atoms with Crippen molar-refractivity contribution in [2.75, 3.05) is 5.88 Å². The molecule has 1 aliphatic rings. The molecule has 1 saturated carbocycles. The fourth-order valence-electron chi connectivity index (χ4n) is 2.12. The summed E-state index contributed by atoms with van der Waals surface area (Å²) in [5.74, 6) is 1.64. The van der Waals surface area contributed by atoms with Crippen molar-refractivity contribution in [3.63, 3.8) is 0 Å². The Bertz CT molecular complexity index is 196. The first kappa shape index (κ1) is 11.8. The van der Waals surface area contributed by atoms with E-state index < -0.39 is 0 Å². The number of carbonyl (C=O) groups is 1. The molecule has 14 heavy (non-hydrogen) atoms. The van der Waals surface area contributed by atoms with Gasteiger partial charge in [0.2, 0.25) is 5.91 Å². The second-order valence-corrected chi connectivity index (χ2v) is 4.78. The zero-order valence-corrected chi connectivity index (χ0v) is 9.81. The molecule has 0 spiro atoms. The second-order valence-electron chi connectivity index (χ2n) is 4.40. The summed E-state index contributed by atoms with van der Waals surface area (Å²) in [7, 11) is 0. The third-order valence-electron chi connectivity index (χ3n) is 3.13. The van der Waals surface area contributed by atoms with E-state index in [1.807, 2.05) is 6.92 Å². The van der Waals surface area contributed by atoms with Crippen LogP contribution in [0, 0.1) is 11.8 Å². The summed E-state index contributed by atoms with van der Waals surface area (Å²) >= 11 is 5.62. The van der Waals surface area contributed by atoms with E-state index in [2.05, 4.69) is 12.2 Å². The first-order valence-electron chi connectivity index (χ1n) is 5.51. The van der Waals surface area contributed by atoms with E-state index in [9.17, 15) is 4.79 Å². The van der Waals surface area contributed by atoms with Crippen molar-refractivity contribution < 1.29 is 4.79 Å². The Labute approximate surface area is 91.4 Å². The van der Waals surface area contributed by atoms with E-state index >= 15 is 0 Å². The minimum absolute atomic E-state index is 0.216. The van der Waals surface area contributed by atoms with Gasteiger partial charge < -0.3 is 5.32 Å². The lowest BCUT2D eigenvalue weighted by Crippen LogP contribution is -2.38. The maximum atomic E-state index is 11.8. The molecule has 1 fully saturated rings. The molecule has 0 aromatic rings. The molecule has 1 rings (SSSR count). The molecule has 3 unspecified atom stereocenters. The standard InChI is InChI=1S/C11H20ClNO/c1-8-4-3-5-10(8)11(14)13-9(2)6-7-12/h8-10H,3-7H2,1-2H3,(H,13,14). The first-order valence-corrected chi connectivity index (χ1v) is 6.05. The predicted molar refractivity (Wildman–Crippen MR) is 59.4 cm³/mol. The second kappa shape index (κ2) is 5.59. The van der Waals surface area contributed by atoms with Gasteiger partial charge in [-0.15, -0.1) is 11.6 Å². The molecule has 0 aromatic carbocycles. The van der Waals surface area contributed by atoms with Crippen LogP contribution >= 0.6 is 11.6 Å².